The van der Waals surface area contributed by atoms with Crippen LogP contribution in [0.1, 0.15) is 296 Å². The van der Waals surface area contributed by atoms with E-state index in [1.165, 1.54) is 244 Å². The molecule has 0 saturated carbocycles. The minimum atomic E-state index is -0.857. The van der Waals surface area contributed by atoms with Gasteiger partial charge in [-0.2, -0.15) is 0 Å². The fraction of sp³-hybridized carbons (Fsp3) is 0.875. The average molecular weight is 842 g/mol. The number of carbonyl (C=O) groups excluding carboxylic acids is 1. The normalized spacial score (nSPS) is 13.1. The molecule has 0 bridgehead atoms. The first kappa shape index (κ1) is 58.6. The topological polar surface area (TPSA) is 69.6 Å². The van der Waals surface area contributed by atoms with Gasteiger partial charge in [-0.25, -0.2) is 0 Å². The van der Waals surface area contributed by atoms with E-state index in [4.69, 9.17) is 0 Å². The molecular formula is C56H107NO3. The van der Waals surface area contributed by atoms with Gasteiger partial charge in [0.2, 0.25) is 5.91 Å². The van der Waals surface area contributed by atoms with E-state index < -0.39 is 12.1 Å². The third kappa shape index (κ3) is 47.7. The summed E-state index contributed by atoms with van der Waals surface area (Å²) >= 11 is 0. The summed E-state index contributed by atoms with van der Waals surface area (Å²) in [4.78, 5) is 12.4. The van der Waals surface area contributed by atoms with E-state index >= 15 is 0 Å². The van der Waals surface area contributed by atoms with Crippen LogP contribution in [-0.2, 0) is 4.79 Å². The Hall–Kier alpha value is -1.39. The molecule has 0 aliphatic heterocycles. The van der Waals surface area contributed by atoms with Crippen LogP contribution in [0.2, 0.25) is 0 Å². The Balaban J connectivity index is 3.33. The summed E-state index contributed by atoms with van der Waals surface area (Å²) in [6.45, 7) is 4.26. The Morgan fingerprint density at radius 3 is 1.00 bits per heavy atom. The number of unbranched alkanes of at least 4 members (excludes halogenated alkanes) is 39. The molecule has 0 aromatic carbocycles. The number of allylic oxidation sites excluding steroid dienone is 5. The van der Waals surface area contributed by atoms with Crippen LogP contribution in [0.3, 0.4) is 0 Å². The predicted molar refractivity (Wildman–Crippen MR) is 267 cm³/mol. The van der Waals surface area contributed by atoms with Gasteiger partial charge in [0.25, 0.3) is 0 Å². The Labute approximate surface area is 376 Å². The molecule has 354 valence electrons. The summed E-state index contributed by atoms with van der Waals surface area (Å²) in [5.74, 6) is -0.0722. The maximum absolute atomic E-state index is 12.4. The van der Waals surface area contributed by atoms with Crippen LogP contribution in [0.4, 0.5) is 0 Å². The highest BCUT2D eigenvalue weighted by molar-refractivity contribution is 5.76. The highest BCUT2D eigenvalue weighted by atomic mass is 16.3. The highest BCUT2D eigenvalue weighted by Crippen LogP contribution is 2.17. The van der Waals surface area contributed by atoms with E-state index in [2.05, 4.69) is 43.5 Å². The van der Waals surface area contributed by atoms with Crippen molar-refractivity contribution in [2.45, 2.75) is 309 Å². The molecular weight excluding hydrogens is 735 g/mol. The third-order valence-corrected chi connectivity index (χ3v) is 12.6. The highest BCUT2D eigenvalue weighted by Gasteiger charge is 2.18. The first-order valence-corrected chi connectivity index (χ1v) is 27.2. The van der Waals surface area contributed by atoms with Gasteiger partial charge in [0.05, 0.1) is 18.8 Å². The zero-order valence-electron chi connectivity index (χ0n) is 40.7. The number of aliphatic hydroxyl groups is 2. The number of amides is 1. The van der Waals surface area contributed by atoms with E-state index in [1.54, 1.807) is 6.08 Å². The van der Waals surface area contributed by atoms with Gasteiger partial charge in [0.15, 0.2) is 0 Å². The quantitative estimate of drug-likeness (QED) is 0.0422. The molecule has 2 atom stereocenters. The second-order valence-electron chi connectivity index (χ2n) is 18.6. The van der Waals surface area contributed by atoms with Gasteiger partial charge in [-0.3, -0.25) is 4.79 Å². The van der Waals surface area contributed by atoms with Gasteiger partial charge in [-0.05, 0) is 57.8 Å². The van der Waals surface area contributed by atoms with Crippen molar-refractivity contribution in [3.8, 4) is 0 Å². The summed E-state index contributed by atoms with van der Waals surface area (Å²) in [5, 5.41) is 22.9. The molecule has 0 saturated heterocycles. The molecule has 4 heteroatoms. The van der Waals surface area contributed by atoms with E-state index in [0.717, 1.165) is 32.1 Å². The number of carbonyl (C=O) groups is 1. The third-order valence-electron chi connectivity index (χ3n) is 12.6. The summed E-state index contributed by atoms with van der Waals surface area (Å²) in [6.07, 6.45) is 70.5. The second-order valence-corrected chi connectivity index (χ2v) is 18.6. The number of nitrogens with one attached hydrogen (secondary N) is 1. The molecule has 2 unspecified atom stereocenters. The average Bonchev–Trinajstić information content (AvgIpc) is 3.25. The fourth-order valence-corrected chi connectivity index (χ4v) is 8.43. The van der Waals surface area contributed by atoms with Crippen molar-refractivity contribution in [1.29, 1.82) is 0 Å². The van der Waals surface area contributed by atoms with Gasteiger partial charge < -0.3 is 15.5 Å². The van der Waals surface area contributed by atoms with Crippen molar-refractivity contribution in [3.05, 3.63) is 36.5 Å². The van der Waals surface area contributed by atoms with Crippen LogP contribution >= 0.6 is 0 Å². The number of aliphatic hydroxyl groups excluding tert-OH is 2. The lowest BCUT2D eigenvalue weighted by molar-refractivity contribution is -0.123. The van der Waals surface area contributed by atoms with Gasteiger partial charge >= 0.3 is 0 Å². The number of rotatable bonds is 50. The Morgan fingerprint density at radius 2 is 0.650 bits per heavy atom. The molecule has 4 nitrogen and oxygen atoms in total. The predicted octanol–water partition coefficient (Wildman–Crippen LogP) is 17.7. The molecule has 3 N–H and O–H groups in total. The minimum absolute atomic E-state index is 0.0722. The van der Waals surface area contributed by atoms with Crippen molar-refractivity contribution in [2.75, 3.05) is 6.61 Å². The molecule has 0 spiro atoms. The molecule has 0 heterocycles. The largest absolute Gasteiger partial charge is 0.394 e. The van der Waals surface area contributed by atoms with Gasteiger partial charge in [-0.1, -0.05) is 269 Å². The lowest BCUT2D eigenvalue weighted by atomic mass is 10.0. The summed E-state index contributed by atoms with van der Waals surface area (Å²) in [7, 11) is 0. The van der Waals surface area contributed by atoms with E-state index in [-0.39, 0.29) is 12.5 Å². The lowest BCUT2D eigenvalue weighted by Gasteiger charge is -2.19. The van der Waals surface area contributed by atoms with Crippen molar-refractivity contribution < 1.29 is 15.0 Å². The zero-order chi connectivity index (χ0) is 43.5. The summed E-state index contributed by atoms with van der Waals surface area (Å²) in [5.41, 5.74) is 0. The van der Waals surface area contributed by atoms with Crippen LogP contribution < -0.4 is 5.32 Å². The summed E-state index contributed by atoms with van der Waals surface area (Å²) < 4.78 is 0. The maximum atomic E-state index is 12.4. The number of hydrogen-bond donors (Lipinski definition) is 3. The van der Waals surface area contributed by atoms with Crippen molar-refractivity contribution in [3.63, 3.8) is 0 Å². The molecule has 60 heavy (non-hydrogen) atoms. The van der Waals surface area contributed by atoms with Crippen molar-refractivity contribution in [1.82, 2.24) is 5.32 Å². The molecule has 0 aliphatic rings. The van der Waals surface area contributed by atoms with Crippen molar-refractivity contribution in [2.24, 2.45) is 0 Å². The van der Waals surface area contributed by atoms with Gasteiger partial charge in [0.1, 0.15) is 0 Å². The van der Waals surface area contributed by atoms with Gasteiger partial charge in [-0.15, -0.1) is 0 Å². The Bertz CT molecular complexity index is 912. The lowest BCUT2D eigenvalue weighted by Crippen LogP contribution is -2.45. The smallest absolute Gasteiger partial charge is 0.220 e. The van der Waals surface area contributed by atoms with Crippen LogP contribution in [0, 0.1) is 0 Å². The standard InChI is InChI=1S/C56H107NO3/c1-3-5-7-9-11-13-14-15-16-17-18-19-20-21-22-23-24-25-26-27-28-29-30-31-32-33-34-35-36-37-38-39-40-41-42-44-46-48-50-52-56(60)57-54(53-58)55(59)51-49-47-45-43-12-10-8-6-4-2/h12,17-18,43,49,51,54-55,58-59H,3-11,13-16,19-42,44-48,50,52-53H2,1-2H3,(H,57,60)/b18-17-,43-12+,51-49+. The summed E-state index contributed by atoms with van der Waals surface area (Å²) in [6, 6.07) is -0.634. The van der Waals surface area contributed by atoms with E-state index in [1.807, 2.05) is 6.08 Å². The maximum Gasteiger partial charge on any atom is 0.220 e. The number of hydrogen-bond acceptors (Lipinski definition) is 3. The molecule has 0 aliphatic carbocycles. The SMILES string of the molecule is CCCCC/C=C/CC/C=C/C(O)C(CO)NC(=O)CCCCCCCCCCCCCCCCCCCCCCCCCCCCC/C=C\CCCCCCCCCC. The van der Waals surface area contributed by atoms with Crippen LogP contribution in [0.15, 0.2) is 36.5 Å². The monoisotopic (exact) mass is 842 g/mol. The van der Waals surface area contributed by atoms with Gasteiger partial charge in [0, 0.05) is 6.42 Å². The van der Waals surface area contributed by atoms with Crippen molar-refractivity contribution >= 4 is 5.91 Å². The van der Waals surface area contributed by atoms with Crippen LogP contribution in [0.5, 0.6) is 0 Å². The molecule has 0 radical (unpaired) electrons. The first-order chi connectivity index (χ1) is 29.7. The molecule has 0 aromatic heterocycles. The van der Waals surface area contributed by atoms with Crippen LogP contribution in [-0.4, -0.2) is 34.9 Å². The second kappa shape index (κ2) is 52.0. The molecule has 0 aromatic rings. The first-order valence-electron chi connectivity index (χ1n) is 27.2. The van der Waals surface area contributed by atoms with Crippen LogP contribution in [0.25, 0.3) is 0 Å². The Morgan fingerprint density at radius 1 is 0.383 bits per heavy atom. The molecule has 0 rings (SSSR count). The molecule has 1 amide bonds. The Kier molecular flexibility index (Phi) is 50.8. The minimum Gasteiger partial charge on any atom is -0.394 e. The van der Waals surface area contributed by atoms with E-state index in [9.17, 15) is 15.0 Å². The zero-order valence-corrected chi connectivity index (χ0v) is 40.7. The molecule has 0 fully saturated rings. The fourth-order valence-electron chi connectivity index (χ4n) is 8.43. The van der Waals surface area contributed by atoms with E-state index in [0.29, 0.717) is 6.42 Å².